The number of nitrogens with one attached hydrogen (secondary N) is 1. The maximum atomic E-state index is 14.7. The van der Waals surface area contributed by atoms with Crippen LogP contribution in [-0.2, 0) is 28.7 Å². The molecule has 54 heavy (non-hydrogen) atoms. The summed E-state index contributed by atoms with van der Waals surface area (Å²) >= 11 is 6.17. The van der Waals surface area contributed by atoms with Gasteiger partial charge in [-0.05, 0) is 50.8 Å². The van der Waals surface area contributed by atoms with E-state index >= 15 is 0 Å². The van der Waals surface area contributed by atoms with E-state index in [4.69, 9.17) is 26.3 Å². The van der Waals surface area contributed by atoms with Crippen molar-refractivity contribution in [1.29, 1.82) is 0 Å². The molecule has 4 fully saturated rings. The number of halogens is 4. The van der Waals surface area contributed by atoms with Gasteiger partial charge >= 0.3 is 6.18 Å². The van der Waals surface area contributed by atoms with Gasteiger partial charge in [-0.25, -0.2) is 19.9 Å². The Balaban J connectivity index is 1.17. The SMILES string of the molecule is CCc1c(N2CCN(C(=O)c3ncnc(C)c3O)[C@H]3CC[C@@H]32)c(=O)c2nc(N3CCC4(COC4)C3)cnc2n1CC(=O)Nc1ccc(C(F)(F)F)cc1Cl. The summed E-state index contributed by atoms with van der Waals surface area (Å²) in [5.74, 6) is -0.765. The molecule has 6 heterocycles. The predicted octanol–water partition coefficient (Wildman–Crippen LogP) is 4.19. The van der Waals surface area contributed by atoms with Crippen LogP contribution in [0.5, 0.6) is 5.75 Å². The van der Waals surface area contributed by atoms with Crippen LogP contribution in [-0.4, -0.2) is 97.8 Å². The number of benzene rings is 1. The molecule has 4 aliphatic rings. The maximum Gasteiger partial charge on any atom is 0.416 e. The molecule has 3 aromatic heterocycles. The van der Waals surface area contributed by atoms with Gasteiger partial charge in [-0.1, -0.05) is 18.5 Å². The number of alkyl halides is 3. The molecule has 0 radical (unpaired) electrons. The minimum absolute atomic E-state index is 0.00221. The number of aromatic nitrogens is 5. The Labute approximate surface area is 311 Å². The van der Waals surface area contributed by atoms with Crippen LogP contribution in [0.25, 0.3) is 11.2 Å². The van der Waals surface area contributed by atoms with Crippen LogP contribution < -0.4 is 20.5 Å². The van der Waals surface area contributed by atoms with Gasteiger partial charge in [0.2, 0.25) is 11.3 Å². The van der Waals surface area contributed by atoms with Gasteiger partial charge in [-0.15, -0.1) is 0 Å². The van der Waals surface area contributed by atoms with Crippen LogP contribution in [0.2, 0.25) is 5.02 Å². The van der Waals surface area contributed by atoms with Gasteiger partial charge in [-0.2, -0.15) is 13.2 Å². The fraction of sp³-hybridized carbons (Fsp3) is 0.472. The molecule has 1 spiro atoms. The zero-order valence-electron chi connectivity index (χ0n) is 29.5. The number of aromatic hydroxyl groups is 1. The normalized spacial score (nSPS) is 20.5. The number of rotatable bonds is 7. The van der Waals surface area contributed by atoms with Gasteiger partial charge in [0.1, 0.15) is 24.4 Å². The van der Waals surface area contributed by atoms with E-state index in [-0.39, 0.29) is 81.6 Å². The second kappa shape index (κ2) is 13.4. The fourth-order valence-electron chi connectivity index (χ4n) is 8.11. The van der Waals surface area contributed by atoms with Crippen molar-refractivity contribution in [2.24, 2.45) is 5.41 Å². The van der Waals surface area contributed by atoms with Crippen molar-refractivity contribution >= 4 is 51.8 Å². The molecule has 3 saturated heterocycles. The molecule has 1 aromatic carbocycles. The highest BCUT2D eigenvalue weighted by atomic mass is 35.5. The molecule has 3 aliphatic heterocycles. The number of aryl methyl sites for hydroxylation is 1. The van der Waals surface area contributed by atoms with Crippen molar-refractivity contribution in [2.75, 3.05) is 54.5 Å². The van der Waals surface area contributed by atoms with E-state index in [1.54, 1.807) is 22.6 Å². The number of hydrogen-bond acceptors (Lipinski definition) is 11. The van der Waals surface area contributed by atoms with Crippen molar-refractivity contribution < 1.29 is 32.6 Å². The third-order valence-electron chi connectivity index (χ3n) is 11.2. The molecule has 0 bridgehead atoms. The van der Waals surface area contributed by atoms with E-state index in [9.17, 15) is 32.7 Å². The zero-order chi connectivity index (χ0) is 38.1. The monoisotopic (exact) mass is 767 g/mol. The summed E-state index contributed by atoms with van der Waals surface area (Å²) in [4.78, 5) is 65.4. The lowest BCUT2D eigenvalue weighted by molar-refractivity contribution is -0.137. The summed E-state index contributed by atoms with van der Waals surface area (Å²) in [7, 11) is 0. The molecule has 1 aliphatic carbocycles. The number of hydrogen-bond donors (Lipinski definition) is 2. The first-order valence-electron chi connectivity index (χ1n) is 17.8. The number of ether oxygens (including phenoxy) is 1. The van der Waals surface area contributed by atoms with Crippen molar-refractivity contribution in [2.45, 2.75) is 64.3 Å². The van der Waals surface area contributed by atoms with Crippen molar-refractivity contribution in [3.63, 3.8) is 0 Å². The van der Waals surface area contributed by atoms with E-state index in [0.717, 1.165) is 31.2 Å². The Hall–Kier alpha value is -5.03. The molecular weight excluding hydrogens is 731 g/mol. The topological polar surface area (TPSA) is 159 Å². The summed E-state index contributed by atoms with van der Waals surface area (Å²) in [5, 5.41) is 12.9. The summed E-state index contributed by atoms with van der Waals surface area (Å²) in [6.07, 6.45) is 0.806. The third-order valence-corrected chi connectivity index (χ3v) is 11.5. The van der Waals surface area contributed by atoms with Crippen LogP contribution >= 0.6 is 11.6 Å². The van der Waals surface area contributed by atoms with Gasteiger partial charge in [-0.3, -0.25) is 14.4 Å². The number of amides is 2. The maximum absolute atomic E-state index is 14.7. The lowest BCUT2D eigenvalue weighted by atomic mass is 9.81. The van der Waals surface area contributed by atoms with Crippen molar-refractivity contribution in [1.82, 2.24) is 29.4 Å². The van der Waals surface area contributed by atoms with Crippen LogP contribution in [0.1, 0.15) is 53.6 Å². The second-order valence-electron chi connectivity index (χ2n) is 14.4. The molecule has 284 valence electrons. The minimum atomic E-state index is -4.61. The Morgan fingerprint density at radius 1 is 1.11 bits per heavy atom. The van der Waals surface area contributed by atoms with E-state index < -0.39 is 23.6 Å². The molecule has 2 amide bonds. The van der Waals surface area contributed by atoms with Gasteiger partial charge in [0.25, 0.3) is 5.91 Å². The van der Waals surface area contributed by atoms with E-state index in [1.807, 2.05) is 11.8 Å². The van der Waals surface area contributed by atoms with Crippen LogP contribution in [0, 0.1) is 12.3 Å². The van der Waals surface area contributed by atoms with Gasteiger partial charge in [0.05, 0.1) is 47.4 Å². The highest BCUT2D eigenvalue weighted by Crippen LogP contribution is 2.41. The van der Waals surface area contributed by atoms with Crippen LogP contribution in [0.4, 0.5) is 30.4 Å². The van der Waals surface area contributed by atoms with E-state index in [1.165, 1.54) is 6.33 Å². The van der Waals surface area contributed by atoms with Gasteiger partial charge in [0, 0.05) is 43.3 Å². The first-order chi connectivity index (χ1) is 25.8. The number of piperazine rings is 1. The summed E-state index contributed by atoms with van der Waals surface area (Å²) in [6, 6.07) is 2.16. The van der Waals surface area contributed by atoms with Crippen molar-refractivity contribution in [3.8, 4) is 5.75 Å². The molecule has 14 nitrogen and oxygen atoms in total. The molecule has 18 heteroatoms. The Morgan fingerprint density at radius 3 is 2.54 bits per heavy atom. The first kappa shape index (κ1) is 36.0. The smallest absolute Gasteiger partial charge is 0.416 e. The summed E-state index contributed by atoms with van der Waals surface area (Å²) in [6.45, 7) is 6.36. The Morgan fingerprint density at radius 2 is 1.89 bits per heavy atom. The van der Waals surface area contributed by atoms with Crippen LogP contribution in [0.15, 0.2) is 35.5 Å². The largest absolute Gasteiger partial charge is 0.504 e. The summed E-state index contributed by atoms with van der Waals surface area (Å²) < 4.78 is 47.0. The van der Waals surface area contributed by atoms with Gasteiger partial charge in [0.15, 0.2) is 22.6 Å². The molecule has 4 aromatic rings. The van der Waals surface area contributed by atoms with Crippen LogP contribution in [0.3, 0.4) is 0 Å². The molecule has 0 unspecified atom stereocenters. The fourth-order valence-corrected chi connectivity index (χ4v) is 8.34. The number of nitrogens with zero attached hydrogens (tertiary/aromatic N) is 8. The number of pyridine rings is 1. The second-order valence-corrected chi connectivity index (χ2v) is 14.8. The quantitative estimate of drug-likeness (QED) is 0.278. The molecular formula is C36H37ClF3N9O5. The number of carbonyl (C=O) groups excluding carboxylic acids is 2. The predicted molar refractivity (Wildman–Crippen MR) is 192 cm³/mol. The molecule has 2 N–H and O–H groups in total. The number of fused-ring (bicyclic) bond motifs is 2. The Kier molecular flexibility index (Phi) is 8.91. The molecule has 2 atom stereocenters. The van der Waals surface area contributed by atoms with Crippen molar-refractivity contribution in [3.05, 3.63) is 68.6 Å². The van der Waals surface area contributed by atoms with E-state index in [0.29, 0.717) is 56.2 Å². The third kappa shape index (κ3) is 6.06. The van der Waals surface area contributed by atoms with Gasteiger partial charge < -0.3 is 34.4 Å². The number of anilines is 3. The first-order valence-corrected chi connectivity index (χ1v) is 18.2. The lowest BCUT2D eigenvalue weighted by Gasteiger charge is -2.54. The number of carbonyl (C=O) groups is 2. The highest BCUT2D eigenvalue weighted by molar-refractivity contribution is 6.33. The zero-order valence-corrected chi connectivity index (χ0v) is 30.2. The van der Waals surface area contributed by atoms with E-state index in [2.05, 4.69) is 20.2 Å². The highest BCUT2D eigenvalue weighted by Gasteiger charge is 2.48. The Bertz CT molecular complexity index is 2250. The standard InChI is InChI=1S/C36H37ClF3N9O5/c1-3-23-30(47-10-11-48(25-7-6-24(25)47)34(53)29-31(51)19(2)42-18-43-29)32(52)28-33(41-13-26(45-28)46-9-8-35(15-46)16-54-17-35)49(23)14-27(50)44-22-5-4-20(12-21(22)37)36(38,39)40/h4-5,12-13,18,24-25,51H,3,6-11,14-17H2,1-2H3,(H,44,50)/t24-,25-/m0/s1. The summed E-state index contributed by atoms with van der Waals surface area (Å²) in [5.41, 5.74) is 0.0767. The average Bonchev–Trinajstić information content (AvgIpc) is 3.58. The molecule has 1 saturated carbocycles. The molecule has 8 rings (SSSR count). The average molecular weight is 768 g/mol. The minimum Gasteiger partial charge on any atom is -0.504 e. The lowest BCUT2D eigenvalue weighted by Crippen LogP contribution is -2.67.